The Kier molecular flexibility index (Phi) is 5.65. The Morgan fingerprint density at radius 2 is 2.04 bits per heavy atom. The molecule has 0 bridgehead atoms. The van der Waals surface area contributed by atoms with Crippen molar-refractivity contribution < 1.29 is 4.74 Å². The Labute approximate surface area is 168 Å². The highest BCUT2D eigenvalue weighted by atomic mass is 16.5. The molecular weight excluding hydrogens is 348 g/mol. The molecule has 0 amide bonds. The standard InChI is InChI=1S/C23H32N4O/c1-16-17(2)22(28-4)8-7-18(16)14-27-10-5-6-19(15-27)23-24-12-20-13-26(3)11-9-21(20)25-23/h7-8,12,19H,5-6,9-11,13-15H2,1-4H3/t19-/m1/s1. The predicted molar refractivity (Wildman–Crippen MR) is 112 cm³/mol. The van der Waals surface area contributed by atoms with Crippen LogP contribution < -0.4 is 4.74 Å². The lowest BCUT2D eigenvalue weighted by atomic mass is 9.95. The van der Waals surface area contributed by atoms with Gasteiger partial charge in [0.1, 0.15) is 11.6 Å². The van der Waals surface area contributed by atoms with Gasteiger partial charge in [-0.25, -0.2) is 9.97 Å². The minimum atomic E-state index is 0.443. The van der Waals surface area contributed by atoms with Crippen molar-refractivity contribution in [3.8, 4) is 5.75 Å². The van der Waals surface area contributed by atoms with Gasteiger partial charge in [0.25, 0.3) is 0 Å². The smallest absolute Gasteiger partial charge is 0.132 e. The van der Waals surface area contributed by atoms with Crippen molar-refractivity contribution >= 4 is 0 Å². The number of ether oxygens (including phenoxy) is 1. The molecule has 2 aromatic rings. The highest BCUT2D eigenvalue weighted by Gasteiger charge is 2.25. The number of hydrogen-bond acceptors (Lipinski definition) is 5. The van der Waals surface area contributed by atoms with Crippen molar-refractivity contribution in [3.63, 3.8) is 0 Å². The van der Waals surface area contributed by atoms with Crippen molar-refractivity contribution in [2.75, 3.05) is 33.8 Å². The quantitative estimate of drug-likeness (QED) is 0.812. The van der Waals surface area contributed by atoms with Crippen LogP contribution in [-0.2, 0) is 19.5 Å². The fraction of sp³-hybridized carbons (Fsp3) is 0.565. The molecule has 1 atom stereocenters. The van der Waals surface area contributed by atoms with Gasteiger partial charge < -0.3 is 9.64 Å². The number of rotatable bonds is 4. The van der Waals surface area contributed by atoms with Crippen molar-refractivity contribution in [3.05, 3.63) is 52.1 Å². The zero-order valence-corrected chi connectivity index (χ0v) is 17.7. The first-order valence-electron chi connectivity index (χ1n) is 10.4. The van der Waals surface area contributed by atoms with Crippen molar-refractivity contribution in [1.29, 1.82) is 0 Å². The van der Waals surface area contributed by atoms with Crippen LogP contribution in [0, 0.1) is 13.8 Å². The molecule has 1 aromatic carbocycles. The molecule has 0 aliphatic carbocycles. The summed E-state index contributed by atoms with van der Waals surface area (Å²) in [5.41, 5.74) is 6.55. The third kappa shape index (κ3) is 3.91. The number of likely N-dealkylation sites (N-methyl/N-ethyl adjacent to an activating group) is 1. The summed E-state index contributed by atoms with van der Waals surface area (Å²) in [4.78, 5) is 14.7. The fourth-order valence-corrected chi connectivity index (χ4v) is 4.56. The Hall–Kier alpha value is -1.98. The van der Waals surface area contributed by atoms with Gasteiger partial charge in [-0.1, -0.05) is 6.07 Å². The number of methoxy groups -OCH3 is 1. The van der Waals surface area contributed by atoms with Gasteiger partial charge in [0.2, 0.25) is 0 Å². The molecule has 28 heavy (non-hydrogen) atoms. The van der Waals surface area contributed by atoms with E-state index in [9.17, 15) is 0 Å². The third-order valence-corrected chi connectivity index (χ3v) is 6.48. The van der Waals surface area contributed by atoms with Gasteiger partial charge in [0.05, 0.1) is 7.11 Å². The third-order valence-electron chi connectivity index (χ3n) is 6.48. The molecule has 0 saturated carbocycles. The van der Waals surface area contributed by atoms with Gasteiger partial charge in [-0.05, 0) is 63.0 Å². The maximum absolute atomic E-state index is 5.46. The average Bonchev–Trinajstić information content (AvgIpc) is 2.71. The largest absolute Gasteiger partial charge is 0.496 e. The second kappa shape index (κ2) is 8.18. The lowest BCUT2D eigenvalue weighted by molar-refractivity contribution is 0.195. The van der Waals surface area contributed by atoms with Gasteiger partial charge in [-0.2, -0.15) is 0 Å². The van der Waals surface area contributed by atoms with Crippen LogP contribution in [0.1, 0.15) is 52.5 Å². The van der Waals surface area contributed by atoms with Crippen molar-refractivity contribution in [1.82, 2.24) is 19.8 Å². The van der Waals surface area contributed by atoms with Crippen LogP contribution in [0.5, 0.6) is 5.75 Å². The predicted octanol–water partition coefficient (Wildman–Crippen LogP) is 3.47. The van der Waals surface area contributed by atoms with E-state index < -0.39 is 0 Å². The van der Waals surface area contributed by atoms with E-state index in [4.69, 9.17) is 14.7 Å². The molecule has 1 aromatic heterocycles. The summed E-state index contributed by atoms with van der Waals surface area (Å²) in [5.74, 6) is 2.47. The molecule has 4 rings (SSSR count). The Balaban J connectivity index is 1.47. The van der Waals surface area contributed by atoms with Crippen molar-refractivity contribution in [2.45, 2.75) is 52.1 Å². The van der Waals surface area contributed by atoms with E-state index in [0.29, 0.717) is 5.92 Å². The molecule has 2 aliphatic heterocycles. The maximum atomic E-state index is 5.46. The van der Waals surface area contributed by atoms with Crippen LogP contribution in [0.4, 0.5) is 0 Å². The first kappa shape index (κ1) is 19.3. The number of fused-ring (bicyclic) bond motifs is 1. The Morgan fingerprint density at radius 3 is 2.86 bits per heavy atom. The topological polar surface area (TPSA) is 41.5 Å². The molecule has 150 valence electrons. The highest BCUT2D eigenvalue weighted by Crippen LogP contribution is 2.29. The van der Waals surface area contributed by atoms with Gasteiger partial charge in [0.15, 0.2) is 0 Å². The molecule has 0 radical (unpaired) electrons. The fourth-order valence-electron chi connectivity index (χ4n) is 4.56. The van der Waals surface area contributed by atoms with E-state index >= 15 is 0 Å². The summed E-state index contributed by atoms with van der Waals surface area (Å²) in [6, 6.07) is 4.32. The number of hydrogen-bond donors (Lipinski definition) is 0. The summed E-state index contributed by atoms with van der Waals surface area (Å²) >= 11 is 0. The Bertz CT molecular complexity index is 851. The van der Waals surface area contributed by atoms with Crippen LogP contribution in [0.25, 0.3) is 0 Å². The van der Waals surface area contributed by atoms with Gasteiger partial charge >= 0.3 is 0 Å². The summed E-state index contributed by atoms with van der Waals surface area (Å²) < 4.78 is 5.46. The molecule has 0 unspecified atom stereocenters. The monoisotopic (exact) mass is 380 g/mol. The minimum Gasteiger partial charge on any atom is -0.496 e. The zero-order valence-electron chi connectivity index (χ0n) is 17.7. The molecule has 0 spiro atoms. The van der Waals surface area contributed by atoms with Crippen LogP contribution >= 0.6 is 0 Å². The molecule has 5 nitrogen and oxygen atoms in total. The summed E-state index contributed by atoms with van der Waals surface area (Å²) in [6.45, 7) is 9.61. The molecule has 5 heteroatoms. The second-order valence-corrected chi connectivity index (χ2v) is 8.44. The van der Waals surface area contributed by atoms with E-state index in [-0.39, 0.29) is 0 Å². The highest BCUT2D eigenvalue weighted by molar-refractivity contribution is 5.43. The van der Waals surface area contributed by atoms with Gasteiger partial charge in [-0.3, -0.25) is 4.90 Å². The van der Waals surface area contributed by atoms with Gasteiger partial charge in [0, 0.05) is 56.0 Å². The van der Waals surface area contributed by atoms with E-state index in [0.717, 1.165) is 50.7 Å². The normalized spacial score (nSPS) is 20.8. The van der Waals surface area contributed by atoms with E-state index in [2.05, 4.69) is 49.0 Å². The second-order valence-electron chi connectivity index (χ2n) is 8.44. The van der Waals surface area contributed by atoms with E-state index in [1.165, 1.54) is 40.8 Å². The molecule has 0 N–H and O–H groups in total. The minimum absolute atomic E-state index is 0.443. The van der Waals surface area contributed by atoms with Crippen LogP contribution in [0.3, 0.4) is 0 Å². The number of benzene rings is 1. The van der Waals surface area contributed by atoms with Crippen LogP contribution in [0.15, 0.2) is 18.3 Å². The van der Waals surface area contributed by atoms with Crippen LogP contribution in [0.2, 0.25) is 0 Å². The zero-order chi connectivity index (χ0) is 19.7. The number of aromatic nitrogens is 2. The lowest BCUT2D eigenvalue weighted by Crippen LogP contribution is -2.35. The number of likely N-dealkylation sites (tertiary alicyclic amines) is 1. The molecule has 1 fully saturated rings. The lowest BCUT2D eigenvalue weighted by Gasteiger charge is -2.33. The summed E-state index contributed by atoms with van der Waals surface area (Å²) in [6.07, 6.45) is 5.52. The van der Waals surface area contributed by atoms with E-state index in [1.807, 2.05) is 0 Å². The van der Waals surface area contributed by atoms with Gasteiger partial charge in [-0.15, -0.1) is 0 Å². The van der Waals surface area contributed by atoms with E-state index in [1.54, 1.807) is 7.11 Å². The number of piperidine rings is 1. The first-order chi connectivity index (χ1) is 13.5. The number of nitrogens with zero attached hydrogens (tertiary/aromatic N) is 4. The summed E-state index contributed by atoms with van der Waals surface area (Å²) in [5, 5.41) is 0. The molecule has 3 heterocycles. The van der Waals surface area contributed by atoms with Crippen LogP contribution in [-0.4, -0.2) is 53.6 Å². The average molecular weight is 381 g/mol. The maximum Gasteiger partial charge on any atom is 0.132 e. The Morgan fingerprint density at radius 1 is 1.18 bits per heavy atom. The molecule has 2 aliphatic rings. The molecular formula is C23H32N4O. The SMILES string of the molecule is COc1ccc(CN2CCC[C@@H](c3ncc4c(n3)CCN(C)C4)C2)c(C)c1C. The first-order valence-corrected chi connectivity index (χ1v) is 10.4. The van der Waals surface area contributed by atoms with Crippen molar-refractivity contribution in [2.24, 2.45) is 0 Å². The molecule has 1 saturated heterocycles. The summed E-state index contributed by atoms with van der Waals surface area (Å²) in [7, 11) is 3.91.